The molecule has 0 aliphatic heterocycles. The van der Waals surface area contributed by atoms with Crippen LogP contribution in [0.5, 0.6) is 0 Å². The number of nitrogens with zero attached hydrogens (tertiary/aromatic N) is 2. The first-order chi connectivity index (χ1) is 7.83. The van der Waals surface area contributed by atoms with Crippen LogP contribution in [0.3, 0.4) is 0 Å². The van der Waals surface area contributed by atoms with Crippen LogP contribution in [0.4, 0.5) is 0 Å². The first-order valence-electron chi connectivity index (χ1n) is 6.90. The van der Waals surface area contributed by atoms with E-state index in [4.69, 9.17) is 0 Å². The molecule has 0 aliphatic carbocycles. The van der Waals surface area contributed by atoms with Gasteiger partial charge in [0.2, 0.25) is 0 Å². The zero-order valence-electron chi connectivity index (χ0n) is 11.2. The monoisotopic (exact) mass is 223 g/mol. The van der Waals surface area contributed by atoms with Gasteiger partial charge in [-0.2, -0.15) is 0 Å². The lowest BCUT2D eigenvalue weighted by molar-refractivity contribution is -0.703. The molecular weight excluding hydrogens is 196 g/mol. The van der Waals surface area contributed by atoms with Gasteiger partial charge in [-0.1, -0.05) is 33.6 Å². The van der Waals surface area contributed by atoms with Crippen molar-refractivity contribution >= 4 is 0 Å². The number of aryl methyl sites for hydroxylation is 2. The normalized spacial score (nSPS) is 10.9. The minimum atomic E-state index is 1.16. The molecule has 16 heavy (non-hydrogen) atoms. The maximum absolute atomic E-state index is 2.44. The topological polar surface area (TPSA) is 8.81 Å². The third-order valence-corrected chi connectivity index (χ3v) is 3.02. The Balaban J connectivity index is 2.68. The highest BCUT2D eigenvalue weighted by atomic mass is 15.1. The van der Waals surface area contributed by atoms with Crippen molar-refractivity contribution in [1.82, 2.24) is 4.57 Å². The lowest BCUT2D eigenvalue weighted by Gasteiger charge is -2.03. The number of rotatable bonds is 8. The molecule has 1 rings (SSSR count). The molecule has 0 fully saturated rings. The Kier molecular flexibility index (Phi) is 6.20. The van der Waals surface area contributed by atoms with Crippen molar-refractivity contribution in [3.8, 4) is 0 Å². The third-order valence-electron chi connectivity index (χ3n) is 3.02. The molecule has 0 saturated heterocycles. The Labute approximate surface area is 100 Å². The molecule has 2 nitrogen and oxygen atoms in total. The average Bonchev–Trinajstić information content (AvgIpc) is 2.64. The fourth-order valence-corrected chi connectivity index (χ4v) is 2.21. The molecule has 0 bridgehead atoms. The van der Waals surface area contributed by atoms with Crippen molar-refractivity contribution in [2.45, 2.75) is 72.4 Å². The van der Waals surface area contributed by atoms with Crippen LogP contribution in [0.25, 0.3) is 0 Å². The summed E-state index contributed by atoms with van der Waals surface area (Å²) in [7, 11) is 0. The molecule has 0 spiro atoms. The minimum Gasteiger partial charge on any atom is -0.234 e. The van der Waals surface area contributed by atoms with Gasteiger partial charge >= 0.3 is 0 Å². The Bertz CT molecular complexity index is 265. The fraction of sp³-hybridized carbons (Fsp3) is 0.786. The molecule has 0 aliphatic rings. The van der Waals surface area contributed by atoms with Crippen molar-refractivity contribution in [3.63, 3.8) is 0 Å². The summed E-state index contributed by atoms with van der Waals surface area (Å²) in [4.78, 5) is 0. The van der Waals surface area contributed by atoms with Crippen LogP contribution in [0.15, 0.2) is 12.4 Å². The molecule has 2 heteroatoms. The van der Waals surface area contributed by atoms with Crippen LogP contribution < -0.4 is 4.57 Å². The summed E-state index contributed by atoms with van der Waals surface area (Å²) in [5.74, 6) is 1.53. The van der Waals surface area contributed by atoms with E-state index in [-0.39, 0.29) is 0 Å². The smallest absolute Gasteiger partial charge is 0.234 e. The number of unbranched alkanes of at least 4 members (excludes halogenated alkanes) is 2. The summed E-state index contributed by atoms with van der Waals surface area (Å²) in [6.45, 7) is 9.10. The van der Waals surface area contributed by atoms with E-state index in [2.05, 4.69) is 42.3 Å². The summed E-state index contributed by atoms with van der Waals surface area (Å²) in [6, 6.07) is 0. The Morgan fingerprint density at radius 3 is 2.50 bits per heavy atom. The predicted molar refractivity (Wildman–Crippen MR) is 68.4 cm³/mol. The van der Waals surface area contributed by atoms with E-state index in [0.717, 1.165) is 13.1 Å². The average molecular weight is 223 g/mol. The quantitative estimate of drug-likeness (QED) is 0.472. The molecule has 1 aromatic rings. The van der Waals surface area contributed by atoms with Gasteiger partial charge in [0, 0.05) is 6.42 Å². The van der Waals surface area contributed by atoms with E-state index < -0.39 is 0 Å². The number of imidazole rings is 1. The first kappa shape index (κ1) is 13.3. The van der Waals surface area contributed by atoms with Crippen LogP contribution in [0.2, 0.25) is 0 Å². The first-order valence-corrected chi connectivity index (χ1v) is 6.90. The lowest BCUT2D eigenvalue weighted by Crippen LogP contribution is -2.37. The fourth-order valence-electron chi connectivity index (χ4n) is 2.21. The van der Waals surface area contributed by atoms with Gasteiger partial charge in [-0.15, -0.1) is 0 Å². The molecule has 92 valence electrons. The SMILES string of the molecule is CCCCCc1n(CCC)cc[n+]1CCC. The predicted octanol–water partition coefficient (Wildman–Crippen LogP) is 3.33. The van der Waals surface area contributed by atoms with E-state index in [1.807, 2.05) is 0 Å². The van der Waals surface area contributed by atoms with Gasteiger partial charge in [-0.3, -0.25) is 0 Å². The molecule has 0 saturated carbocycles. The molecule has 0 amide bonds. The van der Waals surface area contributed by atoms with Gasteiger partial charge in [-0.25, -0.2) is 9.13 Å². The molecule has 0 atom stereocenters. The molecular formula is C14H27N2+. The third kappa shape index (κ3) is 3.66. The van der Waals surface area contributed by atoms with E-state index in [1.54, 1.807) is 0 Å². The van der Waals surface area contributed by atoms with Gasteiger partial charge in [-0.05, 0) is 19.3 Å². The van der Waals surface area contributed by atoms with E-state index >= 15 is 0 Å². The molecule has 1 heterocycles. The van der Waals surface area contributed by atoms with Gasteiger partial charge in [0.25, 0.3) is 5.82 Å². The second kappa shape index (κ2) is 7.48. The van der Waals surface area contributed by atoms with E-state index in [9.17, 15) is 0 Å². The van der Waals surface area contributed by atoms with Crippen molar-refractivity contribution in [2.24, 2.45) is 0 Å². The Morgan fingerprint density at radius 1 is 1.06 bits per heavy atom. The van der Waals surface area contributed by atoms with Crippen LogP contribution in [-0.4, -0.2) is 4.57 Å². The minimum absolute atomic E-state index is 1.16. The van der Waals surface area contributed by atoms with Crippen molar-refractivity contribution in [3.05, 3.63) is 18.2 Å². The maximum atomic E-state index is 2.44. The zero-order chi connectivity index (χ0) is 11.8. The van der Waals surface area contributed by atoms with Gasteiger partial charge in [0.05, 0.1) is 13.1 Å². The van der Waals surface area contributed by atoms with Crippen LogP contribution in [-0.2, 0) is 19.5 Å². The number of hydrogen-bond acceptors (Lipinski definition) is 0. The zero-order valence-corrected chi connectivity index (χ0v) is 11.2. The summed E-state index contributed by atoms with van der Waals surface area (Å²) in [5, 5.41) is 0. The largest absolute Gasteiger partial charge is 0.256 e. The van der Waals surface area contributed by atoms with Crippen LogP contribution in [0.1, 0.15) is 58.7 Å². The number of aromatic nitrogens is 2. The standard InChI is InChI=1S/C14H27N2/c1-4-7-8-9-14-15(10-5-2)12-13-16(14)11-6-3/h12-13H,4-11H2,1-3H3/q+1. The van der Waals surface area contributed by atoms with E-state index in [1.165, 1.54) is 44.3 Å². The summed E-state index contributed by atoms with van der Waals surface area (Å²) in [6.07, 6.45) is 12.2. The Hall–Kier alpha value is -0.790. The molecule has 0 N–H and O–H groups in total. The highest BCUT2D eigenvalue weighted by Gasteiger charge is 2.14. The van der Waals surface area contributed by atoms with Crippen molar-refractivity contribution in [2.75, 3.05) is 0 Å². The molecule has 0 unspecified atom stereocenters. The summed E-state index contributed by atoms with van der Waals surface area (Å²) < 4.78 is 4.87. The molecule has 0 radical (unpaired) electrons. The lowest BCUT2D eigenvalue weighted by atomic mass is 10.2. The Morgan fingerprint density at radius 2 is 1.88 bits per heavy atom. The second-order valence-corrected chi connectivity index (χ2v) is 4.56. The van der Waals surface area contributed by atoms with Gasteiger partial charge in [0.15, 0.2) is 0 Å². The number of hydrogen-bond donors (Lipinski definition) is 0. The van der Waals surface area contributed by atoms with Crippen molar-refractivity contribution in [1.29, 1.82) is 0 Å². The summed E-state index contributed by atoms with van der Waals surface area (Å²) in [5.41, 5.74) is 0. The van der Waals surface area contributed by atoms with Gasteiger partial charge in [0.1, 0.15) is 12.4 Å². The highest BCUT2D eigenvalue weighted by molar-refractivity contribution is 4.84. The van der Waals surface area contributed by atoms with Crippen LogP contribution in [0, 0.1) is 0 Å². The summed E-state index contributed by atoms with van der Waals surface area (Å²) >= 11 is 0. The molecule has 0 aromatic carbocycles. The van der Waals surface area contributed by atoms with Crippen LogP contribution >= 0.6 is 0 Å². The molecule has 1 aromatic heterocycles. The van der Waals surface area contributed by atoms with Gasteiger partial charge < -0.3 is 0 Å². The second-order valence-electron chi connectivity index (χ2n) is 4.56. The maximum Gasteiger partial charge on any atom is 0.256 e. The highest BCUT2D eigenvalue weighted by Crippen LogP contribution is 2.05. The van der Waals surface area contributed by atoms with Crippen molar-refractivity contribution < 1.29 is 4.57 Å². The van der Waals surface area contributed by atoms with E-state index in [0.29, 0.717) is 0 Å².